The Hall–Kier alpha value is -2.65. The smallest absolute Gasteiger partial charge is 0.343 e. The van der Waals surface area contributed by atoms with Crippen LogP contribution in [0.1, 0.15) is 10.4 Å². The summed E-state index contributed by atoms with van der Waals surface area (Å²) in [5.41, 5.74) is 0.643. The van der Waals surface area contributed by atoms with Crippen molar-refractivity contribution in [3.8, 4) is 4.90 Å². The SMILES string of the molecule is COC(=O)c1ccccc1-[s+]1c2ccccc2c2ccccc21. The molecule has 0 spiro atoms. The molecule has 0 unspecified atom stereocenters. The van der Waals surface area contributed by atoms with E-state index in [0.717, 1.165) is 4.90 Å². The number of rotatable bonds is 2. The number of esters is 1. The van der Waals surface area contributed by atoms with Crippen LogP contribution in [0.3, 0.4) is 0 Å². The van der Waals surface area contributed by atoms with Crippen molar-refractivity contribution in [3.63, 3.8) is 0 Å². The van der Waals surface area contributed by atoms with Crippen molar-refractivity contribution in [3.05, 3.63) is 78.4 Å². The molecule has 1 heterocycles. The van der Waals surface area contributed by atoms with Gasteiger partial charge in [0.25, 0.3) is 0 Å². The fourth-order valence-electron chi connectivity index (χ4n) is 3.01. The van der Waals surface area contributed by atoms with Gasteiger partial charge in [0.05, 0.1) is 7.11 Å². The van der Waals surface area contributed by atoms with Crippen molar-refractivity contribution < 1.29 is 9.53 Å². The van der Waals surface area contributed by atoms with Crippen molar-refractivity contribution in [2.45, 2.75) is 0 Å². The zero-order valence-corrected chi connectivity index (χ0v) is 13.5. The molecule has 0 saturated heterocycles. The van der Waals surface area contributed by atoms with Crippen LogP contribution in [0, 0.1) is 0 Å². The first-order chi connectivity index (χ1) is 11.3. The van der Waals surface area contributed by atoms with Gasteiger partial charge < -0.3 is 4.74 Å². The summed E-state index contributed by atoms with van der Waals surface area (Å²) < 4.78 is 7.52. The number of fused-ring (bicyclic) bond motifs is 3. The molecule has 3 aromatic carbocycles. The number of carbonyl (C=O) groups excluding carboxylic acids is 1. The van der Waals surface area contributed by atoms with Crippen LogP contribution in [0.15, 0.2) is 72.8 Å². The molecule has 0 aliphatic carbocycles. The van der Waals surface area contributed by atoms with Crippen LogP contribution < -0.4 is 0 Å². The summed E-state index contributed by atoms with van der Waals surface area (Å²) in [6.45, 7) is 0. The molecular formula is C20H15O2S+. The second kappa shape index (κ2) is 5.52. The third-order valence-corrected chi connectivity index (χ3v) is 6.40. The molecule has 0 atom stereocenters. The van der Waals surface area contributed by atoms with Crippen LogP contribution >= 0.6 is 10.5 Å². The van der Waals surface area contributed by atoms with Gasteiger partial charge in [-0.05, 0) is 36.4 Å². The summed E-state index contributed by atoms with van der Waals surface area (Å²) in [6.07, 6.45) is 0. The van der Waals surface area contributed by atoms with Crippen LogP contribution in [-0.4, -0.2) is 13.1 Å². The summed E-state index contributed by atoms with van der Waals surface area (Å²) in [7, 11) is 1.15. The monoisotopic (exact) mass is 319 g/mol. The van der Waals surface area contributed by atoms with Gasteiger partial charge >= 0.3 is 5.97 Å². The highest BCUT2D eigenvalue weighted by molar-refractivity contribution is 7.50. The van der Waals surface area contributed by atoms with E-state index in [4.69, 9.17) is 4.74 Å². The normalized spacial score (nSPS) is 11.0. The Morgan fingerprint density at radius 3 is 1.91 bits per heavy atom. The first kappa shape index (κ1) is 14.0. The third-order valence-electron chi connectivity index (χ3n) is 4.02. The Morgan fingerprint density at radius 2 is 1.30 bits per heavy atom. The molecule has 2 nitrogen and oxygen atoms in total. The van der Waals surface area contributed by atoms with Crippen LogP contribution in [-0.2, 0) is 4.74 Å². The Morgan fingerprint density at radius 1 is 0.783 bits per heavy atom. The van der Waals surface area contributed by atoms with Crippen molar-refractivity contribution in [1.82, 2.24) is 0 Å². The quantitative estimate of drug-likeness (QED) is 0.359. The van der Waals surface area contributed by atoms with Crippen molar-refractivity contribution in [2.75, 3.05) is 7.11 Å². The average molecular weight is 319 g/mol. The van der Waals surface area contributed by atoms with Gasteiger partial charge in [0.2, 0.25) is 0 Å². The van der Waals surface area contributed by atoms with Gasteiger partial charge in [-0.1, -0.05) is 36.4 Å². The summed E-state index contributed by atoms with van der Waals surface area (Å²) >= 11 is 0. The third kappa shape index (κ3) is 2.13. The first-order valence-corrected chi connectivity index (χ1v) is 8.64. The zero-order chi connectivity index (χ0) is 15.8. The highest BCUT2D eigenvalue weighted by Gasteiger charge is 2.27. The fraction of sp³-hybridized carbons (Fsp3) is 0.0500. The van der Waals surface area contributed by atoms with E-state index in [1.807, 2.05) is 24.3 Å². The molecule has 0 saturated carbocycles. The van der Waals surface area contributed by atoms with Gasteiger partial charge in [0.15, 0.2) is 14.3 Å². The van der Waals surface area contributed by atoms with Gasteiger partial charge in [-0.25, -0.2) is 4.79 Å². The number of hydrogen-bond acceptors (Lipinski definition) is 2. The molecule has 112 valence electrons. The highest BCUT2D eigenvalue weighted by atomic mass is 32.2. The standard InChI is InChI=1S/C20H15O2S/c1-22-20(21)16-10-4-7-13-19(16)23-17-11-5-2-8-14(17)15-9-3-6-12-18(15)23/h2-13H,1H3/q+1. The molecule has 0 radical (unpaired) electrons. The minimum atomic E-state index is -0.282. The molecule has 4 aromatic rings. The summed E-state index contributed by atoms with van der Waals surface area (Å²) in [5, 5.41) is 2.51. The lowest BCUT2D eigenvalue weighted by molar-refractivity contribution is 0.0602. The average Bonchev–Trinajstić information content (AvgIpc) is 2.95. The maximum absolute atomic E-state index is 12.2. The van der Waals surface area contributed by atoms with Crippen molar-refractivity contribution in [1.29, 1.82) is 0 Å². The second-order valence-electron chi connectivity index (χ2n) is 5.29. The first-order valence-electron chi connectivity index (χ1n) is 7.41. The molecular weight excluding hydrogens is 304 g/mol. The molecule has 0 N–H and O–H groups in total. The van der Waals surface area contributed by atoms with E-state index < -0.39 is 0 Å². The number of methoxy groups -OCH3 is 1. The maximum atomic E-state index is 12.2. The maximum Gasteiger partial charge on any atom is 0.343 e. The van der Waals surface area contributed by atoms with Gasteiger partial charge in [-0.2, -0.15) is 0 Å². The zero-order valence-electron chi connectivity index (χ0n) is 12.7. The lowest BCUT2D eigenvalue weighted by atomic mass is 10.2. The fourth-order valence-corrected chi connectivity index (χ4v) is 5.53. The Kier molecular flexibility index (Phi) is 3.36. The summed E-state index contributed by atoms with van der Waals surface area (Å²) in [5.74, 6) is -0.282. The van der Waals surface area contributed by atoms with E-state index in [9.17, 15) is 4.79 Å². The molecule has 0 bridgehead atoms. The van der Waals surface area contributed by atoms with Gasteiger partial charge in [0, 0.05) is 21.2 Å². The minimum absolute atomic E-state index is 0.275. The van der Waals surface area contributed by atoms with Gasteiger partial charge in [0.1, 0.15) is 5.56 Å². The predicted octanol–water partition coefficient (Wildman–Crippen LogP) is 5.52. The molecule has 0 fully saturated rings. The molecule has 1 aromatic heterocycles. The number of benzene rings is 3. The molecule has 3 heteroatoms. The van der Waals surface area contributed by atoms with E-state index in [2.05, 4.69) is 48.5 Å². The van der Waals surface area contributed by atoms with Gasteiger partial charge in [-0.3, -0.25) is 0 Å². The number of thiophene rings is 1. The van der Waals surface area contributed by atoms with E-state index in [-0.39, 0.29) is 16.4 Å². The summed E-state index contributed by atoms with van der Waals surface area (Å²) in [4.78, 5) is 13.2. The lowest BCUT2D eigenvalue weighted by Crippen LogP contribution is -2.02. The Bertz CT molecular complexity index is 977. The van der Waals surface area contributed by atoms with Crippen molar-refractivity contribution in [2.24, 2.45) is 0 Å². The minimum Gasteiger partial charge on any atom is -0.465 e. The van der Waals surface area contributed by atoms with E-state index >= 15 is 0 Å². The Balaban J connectivity index is 2.16. The molecule has 4 rings (SSSR count). The molecule has 0 amide bonds. The van der Waals surface area contributed by atoms with E-state index in [0.29, 0.717) is 5.56 Å². The predicted molar refractivity (Wildman–Crippen MR) is 96.6 cm³/mol. The molecule has 0 aliphatic heterocycles. The second-order valence-corrected chi connectivity index (χ2v) is 7.22. The van der Waals surface area contributed by atoms with Crippen LogP contribution in [0.5, 0.6) is 0 Å². The highest BCUT2D eigenvalue weighted by Crippen LogP contribution is 2.49. The van der Waals surface area contributed by atoms with Crippen LogP contribution in [0.4, 0.5) is 0 Å². The lowest BCUT2D eigenvalue weighted by Gasteiger charge is -2.01. The molecule has 0 aliphatic rings. The Labute approximate surface area is 136 Å². The van der Waals surface area contributed by atoms with E-state index in [1.54, 1.807) is 0 Å². The number of carbonyl (C=O) groups is 1. The van der Waals surface area contributed by atoms with E-state index in [1.165, 1.54) is 27.3 Å². The number of ether oxygens (including phenoxy) is 1. The van der Waals surface area contributed by atoms with Crippen molar-refractivity contribution >= 4 is 36.6 Å². The van der Waals surface area contributed by atoms with Gasteiger partial charge in [-0.15, -0.1) is 0 Å². The molecule has 23 heavy (non-hydrogen) atoms. The number of hydrogen-bond donors (Lipinski definition) is 0. The summed E-state index contributed by atoms with van der Waals surface area (Å²) in [6, 6.07) is 24.6. The van der Waals surface area contributed by atoms with Crippen LogP contribution in [0.2, 0.25) is 0 Å². The largest absolute Gasteiger partial charge is 0.465 e. The van der Waals surface area contributed by atoms with Crippen LogP contribution in [0.25, 0.3) is 25.1 Å². The topological polar surface area (TPSA) is 26.3 Å².